The molecule has 0 N–H and O–H groups in total. The maximum Gasteiger partial charge on any atom is 0.273 e. The molecule has 0 amide bonds. The van der Waals surface area contributed by atoms with Crippen LogP contribution in [0.4, 0.5) is 5.69 Å². The van der Waals surface area contributed by atoms with Crippen LogP contribution in [0.2, 0.25) is 5.02 Å². The van der Waals surface area contributed by atoms with Gasteiger partial charge in [0.25, 0.3) is 5.69 Å². The summed E-state index contributed by atoms with van der Waals surface area (Å²) in [4.78, 5) is 10.3. The Morgan fingerprint density at radius 1 is 1.33 bits per heavy atom. The van der Waals surface area contributed by atoms with Crippen LogP contribution < -0.4 is 4.74 Å². The fourth-order valence-corrected chi connectivity index (χ4v) is 2.20. The molecular weight excluding hydrogens is 360 g/mol. The first-order valence-electron chi connectivity index (χ1n) is 5.76. The van der Waals surface area contributed by atoms with E-state index in [0.717, 1.165) is 0 Å². The maximum atomic E-state index is 10.7. The van der Waals surface area contributed by atoms with E-state index in [0.29, 0.717) is 26.4 Å². The third-order valence-electron chi connectivity index (χ3n) is 2.69. The molecule has 7 heteroatoms. The third-order valence-corrected chi connectivity index (χ3v) is 3.70. The van der Waals surface area contributed by atoms with Crippen molar-refractivity contribution in [3.63, 3.8) is 0 Å². The molecule has 2 rings (SSSR count). The lowest BCUT2D eigenvalue weighted by atomic mass is 10.1. The van der Waals surface area contributed by atoms with Crippen LogP contribution in [0.3, 0.4) is 0 Å². The van der Waals surface area contributed by atoms with Gasteiger partial charge in [-0.3, -0.25) is 10.1 Å². The topological polar surface area (TPSA) is 76.2 Å². The van der Waals surface area contributed by atoms with E-state index in [4.69, 9.17) is 21.6 Å². The first kappa shape index (κ1) is 15.3. The van der Waals surface area contributed by atoms with Crippen molar-refractivity contribution in [3.05, 3.63) is 67.1 Å². The number of halogens is 2. The summed E-state index contributed by atoms with van der Waals surface area (Å²) in [5, 5.41) is 19.9. The van der Waals surface area contributed by atoms with Crippen molar-refractivity contribution in [1.82, 2.24) is 0 Å². The molecule has 2 aromatic rings. The van der Waals surface area contributed by atoms with E-state index in [1.54, 1.807) is 24.3 Å². The summed E-state index contributed by atoms with van der Waals surface area (Å²) in [6, 6.07) is 11.1. The van der Waals surface area contributed by atoms with E-state index in [-0.39, 0.29) is 12.3 Å². The Morgan fingerprint density at radius 3 is 2.71 bits per heavy atom. The largest absolute Gasteiger partial charge is 0.487 e. The lowest BCUT2D eigenvalue weighted by Crippen LogP contribution is -1.98. The van der Waals surface area contributed by atoms with Gasteiger partial charge in [0.15, 0.2) is 0 Å². The van der Waals surface area contributed by atoms with Gasteiger partial charge in [0.1, 0.15) is 12.4 Å². The summed E-state index contributed by atoms with van der Waals surface area (Å²) in [5.74, 6) is 0.352. The number of nitro groups is 1. The predicted octanol–water partition coefficient (Wildman–Crippen LogP) is 4.46. The number of nitriles is 1. The average Bonchev–Trinajstić information content (AvgIpc) is 2.47. The Bertz CT molecular complexity index is 743. The fraction of sp³-hybridized carbons (Fsp3) is 0.0714. The van der Waals surface area contributed by atoms with Gasteiger partial charge in [-0.2, -0.15) is 5.26 Å². The zero-order chi connectivity index (χ0) is 15.4. The van der Waals surface area contributed by atoms with Gasteiger partial charge in [-0.05, 0) is 34.1 Å². The minimum absolute atomic E-state index is 0.0564. The van der Waals surface area contributed by atoms with Crippen molar-refractivity contribution in [2.45, 2.75) is 6.61 Å². The Balaban J connectivity index is 2.18. The number of nitro benzene ring substituents is 1. The van der Waals surface area contributed by atoms with Crippen molar-refractivity contribution < 1.29 is 9.66 Å². The first-order valence-corrected chi connectivity index (χ1v) is 6.93. The van der Waals surface area contributed by atoms with Crippen LogP contribution in [0.1, 0.15) is 11.1 Å². The van der Waals surface area contributed by atoms with Crippen LogP contribution >= 0.6 is 27.5 Å². The van der Waals surface area contributed by atoms with Crippen LogP contribution in [0, 0.1) is 21.4 Å². The molecule has 0 fully saturated rings. The molecule has 0 spiro atoms. The third kappa shape index (κ3) is 3.72. The number of ether oxygens (including phenoxy) is 1. The monoisotopic (exact) mass is 366 g/mol. The number of hydrogen-bond acceptors (Lipinski definition) is 4. The van der Waals surface area contributed by atoms with Gasteiger partial charge in [0, 0.05) is 16.7 Å². The van der Waals surface area contributed by atoms with Gasteiger partial charge in [-0.1, -0.05) is 17.7 Å². The smallest absolute Gasteiger partial charge is 0.273 e. The molecule has 0 heterocycles. The summed E-state index contributed by atoms with van der Waals surface area (Å²) >= 11 is 9.32. The van der Waals surface area contributed by atoms with Crippen molar-refractivity contribution in [2.75, 3.05) is 0 Å². The summed E-state index contributed by atoms with van der Waals surface area (Å²) < 4.78 is 6.16. The zero-order valence-corrected chi connectivity index (χ0v) is 12.9. The lowest BCUT2D eigenvalue weighted by Gasteiger charge is -2.09. The Labute approximate surface area is 134 Å². The molecule has 0 aliphatic heterocycles. The van der Waals surface area contributed by atoms with Crippen molar-refractivity contribution in [1.29, 1.82) is 5.26 Å². The summed E-state index contributed by atoms with van der Waals surface area (Å²) in [6.07, 6.45) is 0. The highest BCUT2D eigenvalue weighted by atomic mass is 79.9. The first-order chi connectivity index (χ1) is 10.0. The summed E-state index contributed by atoms with van der Waals surface area (Å²) in [6.45, 7) is 0.143. The summed E-state index contributed by atoms with van der Waals surface area (Å²) in [5.41, 5.74) is 1.09. The van der Waals surface area contributed by atoms with Crippen molar-refractivity contribution in [3.8, 4) is 11.8 Å². The molecule has 0 aliphatic rings. The second-order valence-corrected chi connectivity index (χ2v) is 5.34. The van der Waals surface area contributed by atoms with Gasteiger partial charge in [0.2, 0.25) is 0 Å². The van der Waals surface area contributed by atoms with Crippen LogP contribution in [-0.2, 0) is 6.61 Å². The van der Waals surface area contributed by atoms with Gasteiger partial charge in [-0.15, -0.1) is 0 Å². The molecule has 0 saturated carbocycles. The van der Waals surface area contributed by atoms with Gasteiger partial charge in [0.05, 0.1) is 27.1 Å². The fourth-order valence-electron chi connectivity index (χ4n) is 1.61. The van der Waals surface area contributed by atoms with Crippen molar-refractivity contribution in [2.24, 2.45) is 0 Å². The van der Waals surface area contributed by atoms with Crippen LogP contribution in [0.25, 0.3) is 0 Å². The van der Waals surface area contributed by atoms with Gasteiger partial charge in [-0.25, -0.2) is 0 Å². The molecule has 5 nitrogen and oxygen atoms in total. The number of hydrogen-bond donors (Lipinski definition) is 0. The second kappa shape index (κ2) is 6.57. The molecule has 21 heavy (non-hydrogen) atoms. The number of non-ortho nitro benzene ring substituents is 1. The van der Waals surface area contributed by atoms with Gasteiger partial charge < -0.3 is 4.74 Å². The normalized spacial score (nSPS) is 9.95. The Hall–Kier alpha value is -2.10. The number of nitrogens with zero attached hydrogens (tertiary/aromatic N) is 2. The van der Waals surface area contributed by atoms with E-state index in [1.165, 1.54) is 12.1 Å². The quantitative estimate of drug-likeness (QED) is 0.590. The lowest BCUT2D eigenvalue weighted by molar-refractivity contribution is -0.385. The second-order valence-electron chi connectivity index (χ2n) is 4.08. The van der Waals surface area contributed by atoms with E-state index in [2.05, 4.69) is 15.9 Å². The van der Waals surface area contributed by atoms with Crippen LogP contribution in [-0.4, -0.2) is 4.92 Å². The van der Waals surface area contributed by atoms with Gasteiger partial charge >= 0.3 is 0 Å². The molecule has 0 radical (unpaired) electrons. The highest BCUT2D eigenvalue weighted by Gasteiger charge is 2.11. The predicted molar refractivity (Wildman–Crippen MR) is 81.3 cm³/mol. The molecule has 0 aromatic heterocycles. The van der Waals surface area contributed by atoms with Crippen LogP contribution in [0.5, 0.6) is 5.75 Å². The summed E-state index contributed by atoms with van der Waals surface area (Å²) in [7, 11) is 0. The van der Waals surface area contributed by atoms with E-state index < -0.39 is 4.92 Å². The average molecular weight is 368 g/mol. The van der Waals surface area contributed by atoms with Crippen molar-refractivity contribution >= 4 is 33.2 Å². The molecule has 0 atom stereocenters. The minimum atomic E-state index is -0.492. The van der Waals surface area contributed by atoms with E-state index >= 15 is 0 Å². The Kier molecular flexibility index (Phi) is 4.78. The SMILES string of the molecule is N#Cc1ccc(COc2cc([N+](=O)[O-])ccc2Br)c(Cl)c1. The molecule has 0 saturated heterocycles. The highest BCUT2D eigenvalue weighted by molar-refractivity contribution is 9.10. The standard InChI is InChI=1S/C14H8BrClN2O3/c15-12-4-3-11(18(19)20)6-14(12)21-8-10-2-1-9(7-17)5-13(10)16/h1-6H,8H2. The zero-order valence-electron chi connectivity index (χ0n) is 10.5. The maximum absolute atomic E-state index is 10.7. The van der Waals surface area contributed by atoms with Crippen LogP contribution in [0.15, 0.2) is 40.9 Å². The Morgan fingerprint density at radius 2 is 2.10 bits per heavy atom. The number of rotatable bonds is 4. The molecule has 0 bridgehead atoms. The highest BCUT2D eigenvalue weighted by Crippen LogP contribution is 2.30. The van der Waals surface area contributed by atoms with E-state index in [9.17, 15) is 10.1 Å². The number of benzene rings is 2. The van der Waals surface area contributed by atoms with E-state index in [1.807, 2.05) is 6.07 Å². The molecule has 0 aliphatic carbocycles. The molecule has 0 unspecified atom stereocenters. The molecular formula is C14H8BrClN2O3. The minimum Gasteiger partial charge on any atom is -0.487 e. The molecule has 106 valence electrons. The molecule has 2 aromatic carbocycles.